The van der Waals surface area contributed by atoms with Crippen LogP contribution in [0.15, 0.2) is 18.2 Å². The molecule has 1 amide bonds. The number of rotatable bonds is 2. The number of Topliss-reactive ketones (excluding diaryl/α,β-unsaturated/α-hetero) is 1. The molecule has 2 unspecified atom stereocenters. The lowest BCUT2D eigenvalue weighted by Gasteiger charge is -2.25. The van der Waals surface area contributed by atoms with Gasteiger partial charge in [0.1, 0.15) is 5.75 Å². The Labute approximate surface area is 117 Å². The molecule has 0 radical (unpaired) electrons. The molecule has 0 aromatic heterocycles. The fraction of sp³-hybridized carbons (Fsp3) is 0.467. The second kappa shape index (κ2) is 5.25. The number of anilines is 1. The highest BCUT2D eigenvalue weighted by Crippen LogP contribution is 2.31. The zero-order valence-electron chi connectivity index (χ0n) is 11.3. The van der Waals surface area contributed by atoms with Crippen molar-refractivity contribution in [2.45, 2.75) is 25.9 Å². The summed E-state index contributed by atoms with van der Waals surface area (Å²) in [6, 6.07) is 5.18. The van der Waals surface area contributed by atoms with Crippen molar-refractivity contribution in [1.82, 2.24) is 0 Å². The molecule has 1 saturated heterocycles. The number of amides is 1. The molecule has 1 fully saturated rings. The average molecular weight is 275 g/mol. The molecule has 1 aromatic rings. The van der Waals surface area contributed by atoms with E-state index in [4.69, 9.17) is 9.47 Å². The summed E-state index contributed by atoms with van der Waals surface area (Å²) < 4.78 is 10.8. The molecule has 5 nitrogen and oxygen atoms in total. The van der Waals surface area contributed by atoms with Crippen LogP contribution >= 0.6 is 0 Å². The molecule has 5 heteroatoms. The van der Waals surface area contributed by atoms with Crippen LogP contribution in [0, 0.1) is 5.92 Å². The number of ketones is 1. The van der Waals surface area contributed by atoms with E-state index in [0.29, 0.717) is 23.6 Å². The highest BCUT2D eigenvalue weighted by atomic mass is 16.5. The minimum absolute atomic E-state index is 0.0698. The van der Waals surface area contributed by atoms with Gasteiger partial charge in [-0.2, -0.15) is 0 Å². The molecule has 0 spiro atoms. The zero-order chi connectivity index (χ0) is 14.1. The standard InChI is InChI=1S/C15H17NO4/c1-9-15(18)16-12-7-10(4-5-13(12)20-9)14(17)11-3-2-6-19-8-11/h4-5,7,9,11H,2-3,6,8H2,1H3,(H,16,18). The fourth-order valence-corrected chi connectivity index (χ4v) is 2.55. The van der Waals surface area contributed by atoms with Crippen LogP contribution in [0.3, 0.4) is 0 Å². The maximum Gasteiger partial charge on any atom is 0.265 e. The lowest BCUT2D eigenvalue weighted by molar-refractivity contribution is -0.122. The van der Waals surface area contributed by atoms with Gasteiger partial charge in [0.05, 0.1) is 12.3 Å². The van der Waals surface area contributed by atoms with Gasteiger partial charge < -0.3 is 14.8 Å². The van der Waals surface area contributed by atoms with Crippen molar-refractivity contribution in [3.05, 3.63) is 23.8 Å². The fourth-order valence-electron chi connectivity index (χ4n) is 2.55. The number of benzene rings is 1. The molecule has 2 aliphatic heterocycles. The number of fused-ring (bicyclic) bond motifs is 1. The first-order chi connectivity index (χ1) is 9.65. The van der Waals surface area contributed by atoms with E-state index in [-0.39, 0.29) is 17.6 Å². The summed E-state index contributed by atoms with van der Waals surface area (Å²) in [5, 5.41) is 2.76. The quantitative estimate of drug-likeness (QED) is 0.839. The van der Waals surface area contributed by atoms with Crippen molar-refractivity contribution < 1.29 is 19.1 Å². The van der Waals surface area contributed by atoms with Gasteiger partial charge in [-0.15, -0.1) is 0 Å². The summed E-state index contributed by atoms with van der Waals surface area (Å²) in [6.07, 6.45) is 1.27. The van der Waals surface area contributed by atoms with E-state index >= 15 is 0 Å². The minimum atomic E-state index is -0.504. The topological polar surface area (TPSA) is 64.6 Å². The molecule has 3 rings (SSSR count). The van der Waals surface area contributed by atoms with Gasteiger partial charge in [0.2, 0.25) is 0 Å². The third kappa shape index (κ3) is 2.41. The van der Waals surface area contributed by atoms with Crippen molar-refractivity contribution >= 4 is 17.4 Å². The summed E-state index contributed by atoms with van der Waals surface area (Å²) in [4.78, 5) is 24.0. The largest absolute Gasteiger partial charge is 0.479 e. The molecule has 0 aliphatic carbocycles. The third-order valence-electron chi connectivity index (χ3n) is 3.73. The predicted octanol–water partition coefficient (Wildman–Crippen LogP) is 2.02. The van der Waals surface area contributed by atoms with Crippen LogP contribution in [0.25, 0.3) is 0 Å². The second-order valence-electron chi connectivity index (χ2n) is 5.24. The van der Waals surface area contributed by atoms with Gasteiger partial charge in [0.15, 0.2) is 11.9 Å². The first kappa shape index (κ1) is 13.1. The number of carbonyl (C=O) groups is 2. The zero-order valence-corrected chi connectivity index (χ0v) is 11.3. The van der Waals surface area contributed by atoms with E-state index in [0.717, 1.165) is 19.4 Å². The predicted molar refractivity (Wildman–Crippen MR) is 73.0 cm³/mol. The molecule has 0 saturated carbocycles. The maximum atomic E-state index is 12.4. The Morgan fingerprint density at radius 2 is 2.25 bits per heavy atom. The number of hydrogen-bond acceptors (Lipinski definition) is 4. The van der Waals surface area contributed by atoms with Gasteiger partial charge in [-0.1, -0.05) is 0 Å². The number of carbonyl (C=O) groups excluding carboxylic acids is 2. The first-order valence-electron chi connectivity index (χ1n) is 6.88. The lowest BCUT2D eigenvalue weighted by atomic mass is 9.92. The Morgan fingerprint density at radius 1 is 1.40 bits per heavy atom. The summed E-state index contributed by atoms with van der Waals surface area (Å²) in [5.74, 6) is 0.401. The molecule has 0 bridgehead atoms. The van der Waals surface area contributed by atoms with Crippen molar-refractivity contribution in [2.24, 2.45) is 5.92 Å². The van der Waals surface area contributed by atoms with Crippen LogP contribution in [0.5, 0.6) is 5.75 Å². The lowest BCUT2D eigenvalue weighted by Crippen LogP contribution is -2.34. The molecule has 1 aromatic carbocycles. The van der Waals surface area contributed by atoms with Gasteiger partial charge in [0, 0.05) is 18.1 Å². The Bertz CT molecular complexity index is 549. The Hall–Kier alpha value is -1.88. The smallest absolute Gasteiger partial charge is 0.265 e. The van der Waals surface area contributed by atoms with Crippen molar-refractivity contribution in [3.8, 4) is 5.75 Å². The number of nitrogens with one attached hydrogen (secondary N) is 1. The molecule has 20 heavy (non-hydrogen) atoms. The molecule has 2 atom stereocenters. The molecule has 2 heterocycles. The normalized spacial score (nSPS) is 25.4. The van der Waals surface area contributed by atoms with Crippen molar-refractivity contribution in [3.63, 3.8) is 0 Å². The maximum absolute atomic E-state index is 12.4. The van der Waals surface area contributed by atoms with E-state index < -0.39 is 6.10 Å². The van der Waals surface area contributed by atoms with Crippen LogP contribution in [0.4, 0.5) is 5.69 Å². The van der Waals surface area contributed by atoms with E-state index in [1.165, 1.54) is 0 Å². The third-order valence-corrected chi connectivity index (χ3v) is 3.73. The Balaban J connectivity index is 1.83. The van der Waals surface area contributed by atoms with E-state index in [1.807, 2.05) is 0 Å². The van der Waals surface area contributed by atoms with E-state index in [2.05, 4.69) is 5.32 Å². The van der Waals surface area contributed by atoms with Gasteiger partial charge in [0.25, 0.3) is 5.91 Å². The van der Waals surface area contributed by atoms with Crippen LogP contribution in [-0.2, 0) is 9.53 Å². The van der Waals surface area contributed by atoms with Crippen LogP contribution in [0.1, 0.15) is 30.1 Å². The van der Waals surface area contributed by atoms with Crippen LogP contribution < -0.4 is 10.1 Å². The highest BCUT2D eigenvalue weighted by molar-refractivity contribution is 6.02. The van der Waals surface area contributed by atoms with E-state index in [9.17, 15) is 9.59 Å². The monoisotopic (exact) mass is 275 g/mol. The van der Waals surface area contributed by atoms with Gasteiger partial charge in [-0.3, -0.25) is 9.59 Å². The van der Waals surface area contributed by atoms with Crippen molar-refractivity contribution in [1.29, 1.82) is 0 Å². The molecule has 2 aliphatic rings. The second-order valence-corrected chi connectivity index (χ2v) is 5.24. The molecule has 106 valence electrons. The van der Waals surface area contributed by atoms with E-state index in [1.54, 1.807) is 25.1 Å². The highest BCUT2D eigenvalue weighted by Gasteiger charge is 2.27. The Kier molecular flexibility index (Phi) is 3.44. The summed E-state index contributed by atoms with van der Waals surface area (Å²) in [5.41, 5.74) is 1.16. The summed E-state index contributed by atoms with van der Waals surface area (Å²) >= 11 is 0. The number of ether oxygens (including phenoxy) is 2. The van der Waals surface area contributed by atoms with Crippen LogP contribution in [-0.4, -0.2) is 31.0 Å². The molecular weight excluding hydrogens is 258 g/mol. The molecule has 1 N–H and O–H groups in total. The van der Waals surface area contributed by atoms with Gasteiger partial charge >= 0.3 is 0 Å². The SMILES string of the molecule is CC1Oc2ccc(C(=O)C3CCCOC3)cc2NC1=O. The van der Waals surface area contributed by atoms with Gasteiger partial charge in [-0.25, -0.2) is 0 Å². The van der Waals surface area contributed by atoms with Crippen LogP contribution in [0.2, 0.25) is 0 Å². The summed E-state index contributed by atoms with van der Waals surface area (Å²) in [6.45, 7) is 2.91. The molecular formula is C15H17NO4. The minimum Gasteiger partial charge on any atom is -0.479 e. The Morgan fingerprint density at radius 3 is 3.00 bits per heavy atom. The van der Waals surface area contributed by atoms with Gasteiger partial charge in [-0.05, 0) is 38.0 Å². The first-order valence-corrected chi connectivity index (χ1v) is 6.88. The van der Waals surface area contributed by atoms with Crippen molar-refractivity contribution in [2.75, 3.05) is 18.5 Å². The summed E-state index contributed by atoms with van der Waals surface area (Å²) in [7, 11) is 0. The number of hydrogen-bond donors (Lipinski definition) is 1. The average Bonchev–Trinajstić information content (AvgIpc) is 2.48.